The maximum Gasteiger partial charge on any atom is 0 e. The Hall–Kier alpha value is 2.75. The quantitative estimate of drug-likeness (QED) is 0.438. The van der Waals surface area contributed by atoms with Crippen LogP contribution in [-0.2, 0) is 33.9 Å². The van der Waals surface area contributed by atoms with Crippen molar-refractivity contribution in [3.05, 3.63) is 0 Å². The van der Waals surface area contributed by atoms with E-state index in [1.165, 1.54) is 0 Å². The van der Waals surface area contributed by atoms with Crippen molar-refractivity contribution in [2.24, 2.45) is 0 Å². The van der Waals surface area contributed by atoms with E-state index in [4.69, 9.17) is 0 Å². The van der Waals surface area contributed by atoms with E-state index in [0.29, 0.717) is 0 Å². The maximum absolute atomic E-state index is 0. The molecule has 0 aromatic rings. The van der Waals surface area contributed by atoms with Crippen molar-refractivity contribution < 1.29 is 33.9 Å². The van der Waals surface area contributed by atoms with Crippen LogP contribution in [0.3, 0.4) is 0 Å². The van der Waals surface area contributed by atoms with Gasteiger partial charge in [-0.05, 0) is 0 Å². The minimum absolute atomic E-state index is 0. The van der Waals surface area contributed by atoms with Crippen LogP contribution in [0.5, 0.6) is 0 Å². The molecule has 0 N–H and O–H groups in total. The Morgan fingerprint density at radius 1 is 1.00 bits per heavy atom. The van der Waals surface area contributed by atoms with Gasteiger partial charge in [0.2, 0.25) is 0 Å². The molecule has 0 aromatic heterocycles. The Labute approximate surface area is 83.6 Å². The summed E-state index contributed by atoms with van der Waals surface area (Å²) in [7, 11) is 0. The van der Waals surface area contributed by atoms with Gasteiger partial charge in [-0.25, -0.2) is 0 Å². The Morgan fingerprint density at radius 3 is 1.00 bits per heavy atom. The van der Waals surface area contributed by atoms with Gasteiger partial charge in [-0.3, -0.25) is 0 Å². The van der Waals surface area contributed by atoms with Crippen LogP contribution in [0.1, 0.15) is 0 Å². The number of rotatable bonds is 0. The van der Waals surface area contributed by atoms with Gasteiger partial charge in [0.15, 0.2) is 0 Å². The smallest absolute Gasteiger partial charge is 0 e. The molecule has 0 atom stereocenters. The zero-order valence-corrected chi connectivity index (χ0v) is 10.7. The van der Waals surface area contributed by atoms with Crippen LogP contribution < -0.4 is 0 Å². The third kappa shape index (κ3) is 8.83. The standard InChI is InChI=1S/Cr.Ni.Pb.Sn. The van der Waals surface area contributed by atoms with Crippen LogP contribution in [-0.4, -0.2) is 51.2 Å². The normalized spacial score (nSPS) is 0. The van der Waals surface area contributed by atoms with Crippen molar-refractivity contribution >= 4 is 51.2 Å². The van der Waals surface area contributed by atoms with Gasteiger partial charge in [-0.2, -0.15) is 0 Å². The molecule has 0 aliphatic carbocycles. The summed E-state index contributed by atoms with van der Waals surface area (Å²) in [6, 6.07) is 0. The molecule has 4 heteroatoms. The van der Waals surface area contributed by atoms with Gasteiger partial charge in [0.25, 0.3) is 0 Å². The summed E-state index contributed by atoms with van der Waals surface area (Å²) in [5.74, 6) is 0. The molecule has 0 aliphatic rings. The van der Waals surface area contributed by atoms with E-state index in [2.05, 4.69) is 0 Å². The minimum atomic E-state index is 0. The third-order valence-corrected chi connectivity index (χ3v) is 0. The van der Waals surface area contributed by atoms with Crippen LogP contribution in [0.15, 0.2) is 0 Å². The zero-order valence-electron chi connectivity index (χ0n) is 1.72. The first-order valence-electron chi connectivity index (χ1n) is 0. The van der Waals surface area contributed by atoms with Crippen molar-refractivity contribution in [3.63, 3.8) is 0 Å². The fourth-order valence-electron chi connectivity index (χ4n) is 0. The summed E-state index contributed by atoms with van der Waals surface area (Å²) < 4.78 is 0. The van der Waals surface area contributed by atoms with E-state index in [1.807, 2.05) is 0 Å². The van der Waals surface area contributed by atoms with E-state index < -0.39 is 0 Å². The molecular formula is CrNiPbSn. The molecule has 4 heavy (non-hydrogen) atoms. The maximum atomic E-state index is 0. The van der Waals surface area contributed by atoms with Crippen LogP contribution in [0, 0.1) is 0 Å². The molecule has 24 valence electrons. The van der Waals surface area contributed by atoms with E-state index in [-0.39, 0.29) is 85.1 Å². The van der Waals surface area contributed by atoms with Crippen molar-refractivity contribution in [1.82, 2.24) is 0 Å². The molecule has 0 amide bonds. The molecule has 0 rings (SSSR count). The monoisotopic (exact) mass is 438 g/mol. The molecule has 0 nitrogen and oxygen atoms in total. The summed E-state index contributed by atoms with van der Waals surface area (Å²) in [5, 5.41) is 0. The van der Waals surface area contributed by atoms with Gasteiger partial charge in [-0.15, -0.1) is 0 Å². The fraction of sp³-hybridized carbons (Fsp3) is 0. The molecule has 0 aliphatic heterocycles. The van der Waals surface area contributed by atoms with Crippen molar-refractivity contribution in [1.29, 1.82) is 0 Å². The first-order valence-corrected chi connectivity index (χ1v) is 0. The average molecular weight is 437 g/mol. The van der Waals surface area contributed by atoms with Crippen LogP contribution in [0.4, 0.5) is 0 Å². The van der Waals surface area contributed by atoms with E-state index >= 15 is 0 Å². The largest absolute Gasteiger partial charge is 0 e. The Kier molecular flexibility index (Phi) is 127. The summed E-state index contributed by atoms with van der Waals surface area (Å²) in [5.41, 5.74) is 0. The van der Waals surface area contributed by atoms with Gasteiger partial charge >= 0.3 is 0 Å². The van der Waals surface area contributed by atoms with Gasteiger partial charge < -0.3 is 0 Å². The molecule has 8 radical (unpaired) electrons. The Bertz CT molecular complexity index is 8.00. The van der Waals surface area contributed by atoms with Crippen LogP contribution in [0.2, 0.25) is 0 Å². The van der Waals surface area contributed by atoms with Crippen molar-refractivity contribution in [2.75, 3.05) is 0 Å². The molecule has 0 bridgehead atoms. The molecule has 0 fully saturated rings. The van der Waals surface area contributed by atoms with Gasteiger partial charge in [0.05, 0.1) is 0 Å². The Morgan fingerprint density at radius 2 is 1.00 bits per heavy atom. The van der Waals surface area contributed by atoms with Crippen LogP contribution in [0.25, 0.3) is 0 Å². The summed E-state index contributed by atoms with van der Waals surface area (Å²) in [6.07, 6.45) is 0. The zero-order chi connectivity index (χ0) is 0. The molecule has 0 aromatic carbocycles. The van der Waals surface area contributed by atoms with E-state index in [0.717, 1.165) is 0 Å². The molecule has 0 heterocycles. The predicted octanol–water partition coefficient (Wildman–Crippen LogP) is -0.767. The van der Waals surface area contributed by atoms with Crippen molar-refractivity contribution in [3.8, 4) is 0 Å². The number of hydrogen-bond acceptors (Lipinski definition) is 0. The second-order valence-corrected chi connectivity index (χ2v) is 0. The molecular weight excluding hydrogens is 437 g/mol. The van der Waals surface area contributed by atoms with Crippen LogP contribution >= 0.6 is 0 Å². The Balaban J connectivity index is 0. The van der Waals surface area contributed by atoms with Crippen molar-refractivity contribution in [2.45, 2.75) is 0 Å². The van der Waals surface area contributed by atoms with E-state index in [9.17, 15) is 0 Å². The molecule has 0 spiro atoms. The van der Waals surface area contributed by atoms with E-state index in [1.54, 1.807) is 0 Å². The second kappa shape index (κ2) is 17.2. The summed E-state index contributed by atoms with van der Waals surface area (Å²) in [6.45, 7) is 0. The minimum Gasteiger partial charge on any atom is 0 e. The fourth-order valence-corrected chi connectivity index (χ4v) is 0. The average Bonchev–Trinajstić information content (AvgIpc) is 0. The summed E-state index contributed by atoms with van der Waals surface area (Å²) >= 11 is 0. The van der Waals surface area contributed by atoms with Gasteiger partial charge in [0.1, 0.15) is 0 Å². The first kappa shape index (κ1) is 29.5. The molecule has 0 saturated heterocycles. The second-order valence-electron chi connectivity index (χ2n) is 0. The third-order valence-electron chi connectivity index (χ3n) is 0. The topological polar surface area (TPSA) is 0 Å². The molecule has 0 saturated carbocycles. The number of hydrogen-bond donors (Lipinski definition) is 0. The summed E-state index contributed by atoms with van der Waals surface area (Å²) in [4.78, 5) is 0. The molecule has 0 unspecified atom stereocenters. The van der Waals surface area contributed by atoms with Gasteiger partial charge in [-0.1, -0.05) is 0 Å². The van der Waals surface area contributed by atoms with Gasteiger partial charge in [0, 0.05) is 85.1 Å². The first-order chi connectivity index (χ1) is 0. The SMILES string of the molecule is [Cr].[Ni].[Pb].[Sn]. The predicted molar refractivity (Wildman–Crippen MR) is 11.5 cm³/mol.